The predicted octanol–water partition coefficient (Wildman–Crippen LogP) is 4.45. The minimum absolute atomic E-state index is 0.0756. The molecule has 2 rings (SSSR count). The minimum Gasteiger partial charge on any atom is -0.396 e. The molecule has 0 heterocycles. The SMILES string of the molecule is Nc1ccc(SCC(=O)Nc2c(Cl)cccc2Cl)cc1F. The molecule has 0 saturated heterocycles. The van der Waals surface area contributed by atoms with Gasteiger partial charge < -0.3 is 11.1 Å². The Morgan fingerprint density at radius 1 is 1.24 bits per heavy atom. The van der Waals surface area contributed by atoms with E-state index in [2.05, 4.69) is 5.32 Å². The fourth-order valence-electron chi connectivity index (χ4n) is 1.54. The second-order valence-corrected chi connectivity index (χ2v) is 5.98. The molecule has 3 nitrogen and oxygen atoms in total. The van der Waals surface area contributed by atoms with Crippen molar-refractivity contribution in [3.8, 4) is 0 Å². The first-order chi connectivity index (χ1) is 9.97. The van der Waals surface area contributed by atoms with Gasteiger partial charge in [0.15, 0.2) is 0 Å². The average Bonchev–Trinajstić information content (AvgIpc) is 2.44. The van der Waals surface area contributed by atoms with E-state index < -0.39 is 5.82 Å². The maximum Gasteiger partial charge on any atom is 0.234 e. The van der Waals surface area contributed by atoms with Crippen LogP contribution in [0.25, 0.3) is 0 Å². The third-order valence-corrected chi connectivity index (χ3v) is 4.19. The molecular formula is C14H11Cl2FN2OS. The van der Waals surface area contributed by atoms with E-state index in [-0.39, 0.29) is 17.3 Å². The molecular weight excluding hydrogens is 334 g/mol. The number of para-hydroxylation sites is 1. The molecule has 0 fully saturated rings. The van der Waals surface area contributed by atoms with Crippen molar-refractivity contribution in [1.29, 1.82) is 0 Å². The normalized spacial score (nSPS) is 10.4. The van der Waals surface area contributed by atoms with Gasteiger partial charge in [0.25, 0.3) is 0 Å². The van der Waals surface area contributed by atoms with Gasteiger partial charge in [-0.25, -0.2) is 4.39 Å². The molecule has 7 heteroatoms. The summed E-state index contributed by atoms with van der Waals surface area (Å²) in [5.74, 6) is -0.688. The van der Waals surface area contributed by atoms with E-state index in [0.717, 1.165) is 0 Å². The molecule has 0 unspecified atom stereocenters. The molecule has 0 atom stereocenters. The molecule has 0 aliphatic heterocycles. The number of thioether (sulfide) groups is 1. The van der Waals surface area contributed by atoms with Crippen molar-refractivity contribution in [2.75, 3.05) is 16.8 Å². The van der Waals surface area contributed by atoms with Crippen LogP contribution in [0.1, 0.15) is 0 Å². The lowest BCUT2D eigenvalue weighted by Crippen LogP contribution is -2.14. The summed E-state index contributed by atoms with van der Waals surface area (Å²) < 4.78 is 13.3. The van der Waals surface area contributed by atoms with Gasteiger partial charge in [0.05, 0.1) is 27.2 Å². The van der Waals surface area contributed by atoms with Crippen LogP contribution in [0.5, 0.6) is 0 Å². The molecule has 0 spiro atoms. The number of hydrogen-bond donors (Lipinski definition) is 2. The van der Waals surface area contributed by atoms with Crippen molar-refractivity contribution >= 4 is 52.2 Å². The maximum absolute atomic E-state index is 13.3. The smallest absolute Gasteiger partial charge is 0.234 e. The molecule has 0 bridgehead atoms. The maximum atomic E-state index is 13.3. The van der Waals surface area contributed by atoms with E-state index in [1.807, 2.05) is 0 Å². The van der Waals surface area contributed by atoms with Crippen molar-refractivity contribution in [2.45, 2.75) is 4.90 Å². The minimum atomic E-state index is -0.505. The highest BCUT2D eigenvalue weighted by Gasteiger charge is 2.10. The lowest BCUT2D eigenvalue weighted by Gasteiger charge is -2.09. The quantitative estimate of drug-likeness (QED) is 0.636. The first kappa shape index (κ1) is 15.9. The summed E-state index contributed by atoms with van der Waals surface area (Å²) in [7, 11) is 0. The number of carbonyl (C=O) groups excluding carboxylic acids is 1. The summed E-state index contributed by atoms with van der Waals surface area (Å²) in [5.41, 5.74) is 5.83. The van der Waals surface area contributed by atoms with Crippen LogP contribution < -0.4 is 11.1 Å². The van der Waals surface area contributed by atoms with E-state index in [0.29, 0.717) is 20.6 Å². The van der Waals surface area contributed by atoms with Gasteiger partial charge in [0, 0.05) is 4.90 Å². The zero-order chi connectivity index (χ0) is 15.4. The Bertz CT molecular complexity index is 662. The monoisotopic (exact) mass is 344 g/mol. The highest BCUT2D eigenvalue weighted by molar-refractivity contribution is 8.00. The lowest BCUT2D eigenvalue weighted by molar-refractivity contribution is -0.113. The van der Waals surface area contributed by atoms with E-state index in [1.54, 1.807) is 24.3 Å². The largest absolute Gasteiger partial charge is 0.396 e. The summed E-state index contributed by atoms with van der Waals surface area (Å²) in [4.78, 5) is 12.5. The third kappa shape index (κ3) is 4.27. The van der Waals surface area contributed by atoms with E-state index in [4.69, 9.17) is 28.9 Å². The van der Waals surface area contributed by atoms with E-state index in [1.165, 1.54) is 23.9 Å². The number of anilines is 2. The van der Waals surface area contributed by atoms with Gasteiger partial charge in [-0.1, -0.05) is 29.3 Å². The number of hydrogen-bond acceptors (Lipinski definition) is 3. The summed E-state index contributed by atoms with van der Waals surface area (Å²) in [6.07, 6.45) is 0. The fourth-order valence-corrected chi connectivity index (χ4v) is 2.75. The summed E-state index contributed by atoms with van der Waals surface area (Å²) in [6, 6.07) is 9.35. The Kier molecular flexibility index (Phi) is 5.33. The Morgan fingerprint density at radius 3 is 2.52 bits per heavy atom. The molecule has 0 aliphatic carbocycles. The van der Waals surface area contributed by atoms with Gasteiger partial charge in [-0.2, -0.15) is 0 Å². The Balaban J connectivity index is 1.97. The van der Waals surface area contributed by atoms with Crippen LogP contribution in [0.3, 0.4) is 0 Å². The lowest BCUT2D eigenvalue weighted by atomic mass is 10.3. The van der Waals surface area contributed by atoms with Gasteiger partial charge in [-0.05, 0) is 30.3 Å². The van der Waals surface area contributed by atoms with Crippen molar-refractivity contribution in [2.24, 2.45) is 0 Å². The van der Waals surface area contributed by atoms with Crippen LogP contribution >= 0.6 is 35.0 Å². The second kappa shape index (κ2) is 7.02. The number of rotatable bonds is 4. The van der Waals surface area contributed by atoms with Gasteiger partial charge in [0.1, 0.15) is 5.82 Å². The van der Waals surface area contributed by atoms with Crippen molar-refractivity contribution in [1.82, 2.24) is 0 Å². The van der Waals surface area contributed by atoms with Crippen LogP contribution in [0.2, 0.25) is 10.0 Å². The van der Waals surface area contributed by atoms with Crippen LogP contribution in [0, 0.1) is 5.82 Å². The van der Waals surface area contributed by atoms with Gasteiger partial charge in [0.2, 0.25) is 5.91 Å². The van der Waals surface area contributed by atoms with Gasteiger partial charge in [-0.3, -0.25) is 4.79 Å². The first-order valence-electron chi connectivity index (χ1n) is 5.89. The number of amides is 1. The molecule has 21 heavy (non-hydrogen) atoms. The Hall–Kier alpha value is -1.43. The molecule has 110 valence electrons. The number of nitrogen functional groups attached to an aromatic ring is 1. The number of carbonyl (C=O) groups is 1. The number of nitrogens with two attached hydrogens (primary N) is 1. The summed E-state index contributed by atoms with van der Waals surface area (Å²) >= 11 is 13.1. The van der Waals surface area contributed by atoms with Crippen molar-refractivity contribution < 1.29 is 9.18 Å². The van der Waals surface area contributed by atoms with Crippen LogP contribution in [0.4, 0.5) is 15.8 Å². The summed E-state index contributed by atoms with van der Waals surface area (Å²) in [6.45, 7) is 0. The number of benzene rings is 2. The molecule has 0 aromatic heterocycles. The van der Waals surface area contributed by atoms with Crippen LogP contribution in [-0.2, 0) is 4.79 Å². The summed E-state index contributed by atoms with van der Waals surface area (Å²) in [5, 5.41) is 3.35. The zero-order valence-electron chi connectivity index (χ0n) is 10.7. The molecule has 1 amide bonds. The highest BCUT2D eigenvalue weighted by Crippen LogP contribution is 2.30. The zero-order valence-corrected chi connectivity index (χ0v) is 13.0. The molecule has 0 saturated carbocycles. The number of nitrogens with one attached hydrogen (secondary N) is 1. The second-order valence-electron chi connectivity index (χ2n) is 4.12. The molecule has 3 N–H and O–H groups in total. The molecule has 0 aliphatic rings. The Morgan fingerprint density at radius 2 is 1.90 bits per heavy atom. The van der Waals surface area contributed by atoms with Crippen molar-refractivity contribution in [3.63, 3.8) is 0 Å². The fraction of sp³-hybridized carbons (Fsp3) is 0.0714. The van der Waals surface area contributed by atoms with Crippen LogP contribution in [-0.4, -0.2) is 11.7 Å². The standard InChI is InChI=1S/C14H11Cl2FN2OS/c15-9-2-1-3-10(16)14(9)19-13(20)7-21-8-4-5-12(18)11(17)6-8/h1-6H,7,18H2,(H,19,20). The third-order valence-electron chi connectivity index (χ3n) is 2.57. The Labute approximate surface area is 135 Å². The highest BCUT2D eigenvalue weighted by atomic mass is 35.5. The topological polar surface area (TPSA) is 55.1 Å². The van der Waals surface area contributed by atoms with E-state index in [9.17, 15) is 9.18 Å². The van der Waals surface area contributed by atoms with Gasteiger partial charge >= 0.3 is 0 Å². The van der Waals surface area contributed by atoms with Crippen LogP contribution in [0.15, 0.2) is 41.3 Å². The molecule has 0 radical (unpaired) electrons. The predicted molar refractivity (Wildman–Crippen MR) is 86.6 cm³/mol. The van der Waals surface area contributed by atoms with Gasteiger partial charge in [-0.15, -0.1) is 11.8 Å². The first-order valence-corrected chi connectivity index (χ1v) is 7.63. The molecule has 2 aromatic carbocycles. The number of halogens is 3. The average molecular weight is 345 g/mol. The van der Waals surface area contributed by atoms with E-state index >= 15 is 0 Å². The van der Waals surface area contributed by atoms with Crippen molar-refractivity contribution in [3.05, 3.63) is 52.3 Å². The molecule has 2 aromatic rings.